The molecule has 3 rings (SSSR count). The molecular weight excluding hydrogens is 269 g/mol. The van der Waals surface area contributed by atoms with Crippen molar-refractivity contribution in [2.24, 2.45) is 5.92 Å². The third kappa shape index (κ3) is 2.35. The Balaban J connectivity index is 1.92. The van der Waals surface area contributed by atoms with Crippen molar-refractivity contribution in [3.63, 3.8) is 0 Å². The molecule has 0 spiro atoms. The fourth-order valence-corrected chi connectivity index (χ4v) is 2.56. The average Bonchev–Trinajstić information content (AvgIpc) is 2.97. The van der Waals surface area contributed by atoms with Crippen molar-refractivity contribution >= 4 is 11.6 Å². The monoisotopic (exact) mass is 281 g/mol. The van der Waals surface area contributed by atoms with E-state index in [1.807, 2.05) is 0 Å². The van der Waals surface area contributed by atoms with Gasteiger partial charge in [0.1, 0.15) is 5.82 Å². The number of benzene rings is 1. The minimum absolute atomic E-state index is 0.223. The highest BCUT2D eigenvalue weighted by atomic mass is 35.5. The Hall–Kier alpha value is -1.46. The van der Waals surface area contributed by atoms with Crippen LogP contribution < -0.4 is 5.32 Å². The Morgan fingerprint density at radius 2 is 2.26 bits per heavy atom. The van der Waals surface area contributed by atoms with Crippen LogP contribution in [0.4, 0.5) is 4.39 Å². The van der Waals surface area contributed by atoms with E-state index in [1.54, 1.807) is 6.07 Å². The maximum absolute atomic E-state index is 13.0. The van der Waals surface area contributed by atoms with Crippen LogP contribution in [0.3, 0.4) is 0 Å². The fourth-order valence-electron chi connectivity index (χ4n) is 2.31. The van der Waals surface area contributed by atoms with Crippen molar-refractivity contribution in [3.05, 3.63) is 34.9 Å². The largest absolute Gasteiger partial charge is 0.339 e. The number of hydrogen-bond donors (Lipinski definition) is 1. The van der Waals surface area contributed by atoms with Crippen molar-refractivity contribution in [1.29, 1.82) is 0 Å². The van der Waals surface area contributed by atoms with Gasteiger partial charge in [0.25, 0.3) is 0 Å². The summed E-state index contributed by atoms with van der Waals surface area (Å²) in [6, 6.07) is 4.13. The number of nitrogens with one attached hydrogen (secondary N) is 1. The zero-order valence-electron chi connectivity index (χ0n) is 10.4. The fraction of sp³-hybridized carbons (Fsp3) is 0.385. The van der Waals surface area contributed by atoms with Gasteiger partial charge in [0.2, 0.25) is 11.7 Å². The van der Waals surface area contributed by atoms with E-state index in [4.69, 9.17) is 16.1 Å². The molecule has 1 aromatic carbocycles. The first-order chi connectivity index (χ1) is 9.15. The first-order valence-electron chi connectivity index (χ1n) is 6.15. The van der Waals surface area contributed by atoms with Gasteiger partial charge < -0.3 is 9.84 Å². The SMILES string of the molecule is CC1CNCC1c1nc(-c2ccc(F)cc2Cl)no1. The van der Waals surface area contributed by atoms with E-state index in [2.05, 4.69) is 22.4 Å². The molecule has 1 N–H and O–H groups in total. The lowest BCUT2D eigenvalue weighted by Crippen LogP contribution is -2.08. The molecule has 1 aromatic heterocycles. The normalized spacial score (nSPS) is 22.9. The highest BCUT2D eigenvalue weighted by Crippen LogP contribution is 2.30. The molecule has 1 aliphatic rings. The molecule has 0 bridgehead atoms. The van der Waals surface area contributed by atoms with E-state index in [-0.39, 0.29) is 16.8 Å². The molecule has 2 unspecified atom stereocenters. The van der Waals surface area contributed by atoms with Gasteiger partial charge in [0.05, 0.1) is 10.9 Å². The maximum Gasteiger partial charge on any atom is 0.231 e. The van der Waals surface area contributed by atoms with Crippen LogP contribution in [0.25, 0.3) is 11.4 Å². The van der Waals surface area contributed by atoms with E-state index in [0.29, 0.717) is 23.2 Å². The summed E-state index contributed by atoms with van der Waals surface area (Å²) in [5.41, 5.74) is 0.580. The van der Waals surface area contributed by atoms with Gasteiger partial charge in [-0.05, 0) is 30.7 Å². The second kappa shape index (κ2) is 4.90. The van der Waals surface area contributed by atoms with Crippen molar-refractivity contribution in [1.82, 2.24) is 15.5 Å². The summed E-state index contributed by atoms with van der Waals surface area (Å²) in [6.07, 6.45) is 0. The number of halogens is 2. The predicted molar refractivity (Wildman–Crippen MR) is 69.5 cm³/mol. The average molecular weight is 282 g/mol. The molecular formula is C13H13ClFN3O. The van der Waals surface area contributed by atoms with Gasteiger partial charge >= 0.3 is 0 Å². The number of rotatable bonds is 2. The zero-order valence-corrected chi connectivity index (χ0v) is 11.1. The van der Waals surface area contributed by atoms with Gasteiger partial charge in [0.15, 0.2) is 0 Å². The van der Waals surface area contributed by atoms with Crippen LogP contribution in [0, 0.1) is 11.7 Å². The zero-order chi connectivity index (χ0) is 13.4. The molecule has 6 heteroatoms. The molecule has 1 aliphatic heterocycles. The van der Waals surface area contributed by atoms with Crippen LogP contribution in [0.5, 0.6) is 0 Å². The number of hydrogen-bond acceptors (Lipinski definition) is 4. The van der Waals surface area contributed by atoms with E-state index in [0.717, 1.165) is 13.1 Å². The molecule has 2 atom stereocenters. The summed E-state index contributed by atoms with van der Waals surface area (Å²) < 4.78 is 18.3. The van der Waals surface area contributed by atoms with E-state index >= 15 is 0 Å². The smallest absolute Gasteiger partial charge is 0.231 e. The van der Waals surface area contributed by atoms with E-state index in [9.17, 15) is 4.39 Å². The van der Waals surface area contributed by atoms with Gasteiger partial charge in [0, 0.05) is 12.1 Å². The number of nitrogens with zero attached hydrogens (tertiary/aromatic N) is 2. The lowest BCUT2D eigenvalue weighted by Gasteiger charge is -2.07. The molecule has 4 nitrogen and oxygen atoms in total. The summed E-state index contributed by atoms with van der Waals surface area (Å²) >= 11 is 5.99. The molecule has 100 valence electrons. The minimum atomic E-state index is -0.383. The lowest BCUT2D eigenvalue weighted by molar-refractivity contribution is 0.340. The molecule has 2 aromatic rings. The second-order valence-electron chi connectivity index (χ2n) is 4.82. The maximum atomic E-state index is 13.0. The molecule has 1 saturated heterocycles. The molecule has 2 heterocycles. The Morgan fingerprint density at radius 3 is 2.95 bits per heavy atom. The van der Waals surface area contributed by atoms with Crippen LogP contribution in [-0.2, 0) is 0 Å². The molecule has 19 heavy (non-hydrogen) atoms. The van der Waals surface area contributed by atoms with Crippen molar-refractivity contribution < 1.29 is 8.91 Å². The quantitative estimate of drug-likeness (QED) is 0.920. The Bertz CT molecular complexity index is 601. The summed E-state index contributed by atoms with van der Waals surface area (Å²) in [5, 5.41) is 7.50. The van der Waals surface area contributed by atoms with E-state index in [1.165, 1.54) is 12.1 Å². The van der Waals surface area contributed by atoms with Crippen molar-refractivity contribution in [2.75, 3.05) is 13.1 Å². The summed E-state index contributed by atoms with van der Waals surface area (Å²) in [7, 11) is 0. The van der Waals surface area contributed by atoms with Gasteiger partial charge in [-0.25, -0.2) is 4.39 Å². The third-order valence-electron chi connectivity index (χ3n) is 3.45. The minimum Gasteiger partial charge on any atom is -0.339 e. The lowest BCUT2D eigenvalue weighted by atomic mass is 9.98. The molecule has 0 saturated carbocycles. The molecule has 0 amide bonds. The number of aromatic nitrogens is 2. The summed E-state index contributed by atoms with van der Waals surface area (Å²) in [6.45, 7) is 3.92. The highest BCUT2D eigenvalue weighted by Gasteiger charge is 2.29. The predicted octanol–water partition coefficient (Wildman–Crippen LogP) is 2.85. The third-order valence-corrected chi connectivity index (χ3v) is 3.76. The van der Waals surface area contributed by atoms with Crippen molar-refractivity contribution in [2.45, 2.75) is 12.8 Å². The van der Waals surface area contributed by atoms with Gasteiger partial charge in [-0.1, -0.05) is 23.7 Å². The Labute approximate surface area is 115 Å². The summed E-state index contributed by atoms with van der Waals surface area (Å²) in [4.78, 5) is 4.38. The van der Waals surface area contributed by atoms with Crippen LogP contribution >= 0.6 is 11.6 Å². The van der Waals surface area contributed by atoms with Crippen LogP contribution in [-0.4, -0.2) is 23.2 Å². The molecule has 0 aliphatic carbocycles. The van der Waals surface area contributed by atoms with Gasteiger partial charge in [-0.3, -0.25) is 0 Å². The second-order valence-corrected chi connectivity index (χ2v) is 5.23. The highest BCUT2D eigenvalue weighted by molar-refractivity contribution is 6.33. The summed E-state index contributed by atoms with van der Waals surface area (Å²) in [5.74, 6) is 1.30. The van der Waals surface area contributed by atoms with Crippen LogP contribution in [0.1, 0.15) is 18.7 Å². The first kappa shape index (κ1) is 12.6. The van der Waals surface area contributed by atoms with Gasteiger partial charge in [-0.15, -0.1) is 0 Å². The van der Waals surface area contributed by atoms with Crippen LogP contribution in [0.15, 0.2) is 22.7 Å². The Kier molecular flexibility index (Phi) is 3.24. The standard InChI is InChI=1S/C13H13ClFN3O/c1-7-5-16-6-10(7)13-17-12(18-19-13)9-3-2-8(15)4-11(9)14/h2-4,7,10,16H,5-6H2,1H3. The van der Waals surface area contributed by atoms with Crippen LogP contribution in [0.2, 0.25) is 5.02 Å². The van der Waals surface area contributed by atoms with E-state index < -0.39 is 0 Å². The van der Waals surface area contributed by atoms with Gasteiger partial charge in [-0.2, -0.15) is 4.98 Å². The van der Waals surface area contributed by atoms with Crippen molar-refractivity contribution in [3.8, 4) is 11.4 Å². The molecule has 0 radical (unpaired) electrons. The molecule has 1 fully saturated rings. The topological polar surface area (TPSA) is 51.0 Å². The Morgan fingerprint density at radius 1 is 1.42 bits per heavy atom. The first-order valence-corrected chi connectivity index (χ1v) is 6.52.